The number of hydrogen-bond donors (Lipinski definition) is 1. The van der Waals surface area contributed by atoms with Crippen molar-refractivity contribution in [2.75, 3.05) is 0 Å². The summed E-state index contributed by atoms with van der Waals surface area (Å²) in [6.45, 7) is 2.54. The lowest BCUT2D eigenvalue weighted by molar-refractivity contribution is -0.151. The molecule has 12 heavy (non-hydrogen) atoms. The molecular weight excluding hydrogens is 226 g/mol. The molecule has 0 aliphatic rings. The molecule has 0 fully saturated rings. The van der Waals surface area contributed by atoms with E-state index in [1.165, 1.54) is 13.8 Å². The number of halogens is 3. The highest BCUT2D eigenvalue weighted by atomic mass is 35.6. The molecule has 72 valence electrons. The second-order valence-corrected chi connectivity index (χ2v) is 4.68. The van der Waals surface area contributed by atoms with E-state index in [1.807, 2.05) is 0 Å². The van der Waals surface area contributed by atoms with E-state index in [-0.39, 0.29) is 0 Å². The first-order valence-corrected chi connectivity index (χ1v) is 4.30. The second kappa shape index (κ2) is 4.51. The summed E-state index contributed by atoms with van der Waals surface area (Å²) < 4.78 is 2.79. The number of aliphatic hydroxyl groups excluding tert-OH is 1. The molecule has 0 amide bonds. The van der Waals surface area contributed by atoms with Crippen LogP contribution in [0.15, 0.2) is 0 Å². The van der Waals surface area contributed by atoms with Crippen LogP contribution < -0.4 is 0 Å². The highest BCUT2D eigenvalue weighted by Gasteiger charge is 2.38. The van der Waals surface area contributed by atoms with Crippen LogP contribution in [0.5, 0.6) is 0 Å². The van der Waals surface area contributed by atoms with E-state index in [2.05, 4.69) is 4.74 Å². The van der Waals surface area contributed by atoms with Gasteiger partial charge >= 0.3 is 5.97 Å². The maximum atomic E-state index is 10.5. The van der Waals surface area contributed by atoms with E-state index in [4.69, 9.17) is 39.9 Å². The van der Waals surface area contributed by atoms with Crippen molar-refractivity contribution in [2.24, 2.45) is 0 Å². The average molecular weight is 235 g/mol. The van der Waals surface area contributed by atoms with Crippen LogP contribution in [0.1, 0.15) is 13.8 Å². The van der Waals surface area contributed by atoms with Gasteiger partial charge in [0.15, 0.2) is 6.10 Å². The fourth-order valence-electron chi connectivity index (χ4n) is 0.618. The Hall–Kier alpha value is 0.300. The van der Waals surface area contributed by atoms with Gasteiger partial charge in [-0.3, -0.25) is 4.79 Å². The van der Waals surface area contributed by atoms with Gasteiger partial charge in [0.25, 0.3) is 0 Å². The third-order valence-corrected chi connectivity index (χ3v) is 1.70. The van der Waals surface area contributed by atoms with Crippen molar-refractivity contribution < 1.29 is 14.6 Å². The maximum Gasteiger partial charge on any atom is 0.303 e. The molecule has 0 bridgehead atoms. The number of ether oxygens (including phenoxy) is 1. The van der Waals surface area contributed by atoms with Crippen LogP contribution >= 0.6 is 34.8 Å². The summed E-state index contributed by atoms with van der Waals surface area (Å²) in [6.07, 6.45) is -2.17. The van der Waals surface area contributed by atoms with Crippen LogP contribution in [0, 0.1) is 0 Å². The molecule has 6 heteroatoms. The van der Waals surface area contributed by atoms with Crippen LogP contribution in [0.25, 0.3) is 0 Å². The predicted octanol–water partition coefficient (Wildman–Crippen LogP) is 1.67. The lowest BCUT2D eigenvalue weighted by atomic mass is 10.2. The molecule has 0 aromatic rings. The standard InChI is InChI=1S/C6H9Cl3O3/c1-3(10)5(6(7,8)9)12-4(2)11/h3,5,10H,1-2H3. The number of alkyl halides is 3. The Balaban J connectivity index is 4.35. The Morgan fingerprint density at radius 2 is 1.92 bits per heavy atom. The molecule has 3 nitrogen and oxygen atoms in total. The van der Waals surface area contributed by atoms with Crippen molar-refractivity contribution in [1.29, 1.82) is 0 Å². The zero-order chi connectivity index (χ0) is 9.94. The minimum atomic E-state index is -1.81. The number of carbonyl (C=O) groups excluding carboxylic acids is 1. The average Bonchev–Trinajstić information content (AvgIpc) is 1.79. The Morgan fingerprint density at radius 3 is 2.00 bits per heavy atom. The van der Waals surface area contributed by atoms with Crippen LogP contribution in [0.4, 0.5) is 0 Å². The number of rotatable bonds is 2. The molecule has 0 heterocycles. The van der Waals surface area contributed by atoms with E-state index in [0.29, 0.717) is 0 Å². The van der Waals surface area contributed by atoms with Crippen molar-refractivity contribution in [1.82, 2.24) is 0 Å². The highest BCUT2D eigenvalue weighted by Crippen LogP contribution is 2.34. The monoisotopic (exact) mass is 234 g/mol. The zero-order valence-electron chi connectivity index (χ0n) is 6.55. The third-order valence-electron chi connectivity index (χ3n) is 1.05. The number of esters is 1. The Morgan fingerprint density at radius 1 is 1.50 bits per heavy atom. The first kappa shape index (κ1) is 12.3. The molecule has 0 saturated carbocycles. The van der Waals surface area contributed by atoms with E-state index in [0.717, 1.165) is 0 Å². The van der Waals surface area contributed by atoms with E-state index in [9.17, 15) is 4.79 Å². The molecule has 0 saturated heterocycles. The minimum absolute atomic E-state index is 0.604. The Bertz CT molecular complexity index is 164. The normalized spacial score (nSPS) is 16.8. The smallest absolute Gasteiger partial charge is 0.303 e. The lowest BCUT2D eigenvalue weighted by Gasteiger charge is -2.25. The number of hydrogen-bond acceptors (Lipinski definition) is 3. The highest BCUT2D eigenvalue weighted by molar-refractivity contribution is 6.68. The third kappa shape index (κ3) is 4.36. The molecule has 0 aliphatic carbocycles. The first-order chi connectivity index (χ1) is 5.25. The Kier molecular flexibility index (Phi) is 4.62. The first-order valence-electron chi connectivity index (χ1n) is 3.17. The second-order valence-electron chi connectivity index (χ2n) is 2.31. The van der Waals surface area contributed by atoms with Gasteiger partial charge in [0.2, 0.25) is 3.79 Å². The molecule has 1 N–H and O–H groups in total. The van der Waals surface area contributed by atoms with Gasteiger partial charge in [-0.05, 0) is 6.92 Å². The summed E-state index contributed by atoms with van der Waals surface area (Å²) >= 11 is 16.3. The molecule has 2 unspecified atom stereocenters. The number of carbonyl (C=O) groups is 1. The summed E-state index contributed by atoms with van der Waals surface area (Å²) in [5, 5.41) is 9.07. The summed E-state index contributed by atoms with van der Waals surface area (Å²) in [5.41, 5.74) is 0. The van der Waals surface area contributed by atoms with Gasteiger partial charge in [0, 0.05) is 6.92 Å². The molecule has 0 radical (unpaired) electrons. The van der Waals surface area contributed by atoms with Crippen molar-refractivity contribution >= 4 is 40.8 Å². The van der Waals surface area contributed by atoms with Crippen LogP contribution in [0.2, 0.25) is 0 Å². The van der Waals surface area contributed by atoms with Crippen molar-refractivity contribution in [2.45, 2.75) is 29.8 Å². The minimum Gasteiger partial charge on any atom is -0.455 e. The van der Waals surface area contributed by atoms with Gasteiger partial charge in [-0.15, -0.1) is 0 Å². The van der Waals surface area contributed by atoms with Crippen molar-refractivity contribution in [3.05, 3.63) is 0 Å². The largest absolute Gasteiger partial charge is 0.455 e. The number of aliphatic hydroxyl groups is 1. The summed E-state index contributed by atoms with van der Waals surface area (Å²) in [6, 6.07) is 0. The van der Waals surface area contributed by atoms with Gasteiger partial charge in [-0.1, -0.05) is 34.8 Å². The fourth-order valence-corrected chi connectivity index (χ4v) is 1.30. The summed E-state index contributed by atoms with van der Waals surface area (Å²) in [4.78, 5) is 10.5. The maximum absolute atomic E-state index is 10.5. The van der Waals surface area contributed by atoms with E-state index >= 15 is 0 Å². The van der Waals surface area contributed by atoms with Gasteiger partial charge in [0.1, 0.15) is 0 Å². The van der Waals surface area contributed by atoms with Crippen molar-refractivity contribution in [3.8, 4) is 0 Å². The summed E-state index contributed by atoms with van der Waals surface area (Å²) in [7, 11) is 0. The SMILES string of the molecule is CC(=O)OC(C(C)O)C(Cl)(Cl)Cl. The Labute approximate surface area is 85.5 Å². The predicted molar refractivity (Wildman–Crippen MR) is 47.5 cm³/mol. The van der Waals surface area contributed by atoms with Gasteiger partial charge in [-0.25, -0.2) is 0 Å². The van der Waals surface area contributed by atoms with E-state index < -0.39 is 22.0 Å². The van der Waals surface area contributed by atoms with Crippen LogP contribution in [-0.4, -0.2) is 27.1 Å². The fraction of sp³-hybridized carbons (Fsp3) is 0.833. The lowest BCUT2D eigenvalue weighted by Crippen LogP contribution is -2.39. The molecule has 0 spiro atoms. The quantitative estimate of drug-likeness (QED) is 0.585. The molecule has 2 atom stereocenters. The zero-order valence-corrected chi connectivity index (χ0v) is 8.82. The topological polar surface area (TPSA) is 46.5 Å². The summed E-state index contributed by atoms with van der Waals surface area (Å²) in [5.74, 6) is -0.604. The van der Waals surface area contributed by atoms with Crippen LogP contribution in [0.3, 0.4) is 0 Å². The van der Waals surface area contributed by atoms with E-state index in [1.54, 1.807) is 0 Å². The van der Waals surface area contributed by atoms with Gasteiger partial charge in [0.05, 0.1) is 6.10 Å². The molecule has 0 rings (SSSR count). The van der Waals surface area contributed by atoms with Gasteiger partial charge in [-0.2, -0.15) is 0 Å². The van der Waals surface area contributed by atoms with Gasteiger partial charge < -0.3 is 9.84 Å². The molecule has 0 aromatic heterocycles. The molecule has 0 aromatic carbocycles. The van der Waals surface area contributed by atoms with Crippen LogP contribution in [-0.2, 0) is 9.53 Å². The molecular formula is C6H9Cl3O3. The molecule has 0 aliphatic heterocycles. The van der Waals surface area contributed by atoms with Crippen molar-refractivity contribution in [3.63, 3.8) is 0 Å².